The molecule has 0 spiro atoms. The summed E-state index contributed by atoms with van der Waals surface area (Å²) >= 11 is 0. The van der Waals surface area contributed by atoms with Gasteiger partial charge in [-0.05, 0) is 25.8 Å². The number of hydrogen-bond donors (Lipinski definition) is 4. The van der Waals surface area contributed by atoms with Gasteiger partial charge in [0.15, 0.2) is 5.96 Å². The van der Waals surface area contributed by atoms with Gasteiger partial charge in [-0.25, -0.2) is 9.97 Å². The monoisotopic (exact) mass is 402 g/mol. The zero-order chi connectivity index (χ0) is 20.6. The molecule has 0 aromatic carbocycles. The maximum Gasteiger partial charge on any atom is 0.433 e. The SMILES string of the molecule is CCNC(=NCC1(C)CCCCC1O)NCCNc1nccc(C(F)(F)F)n1. The average molecular weight is 402 g/mol. The van der Waals surface area contributed by atoms with Gasteiger partial charge in [-0.15, -0.1) is 0 Å². The van der Waals surface area contributed by atoms with Crippen LogP contribution in [0, 0.1) is 5.41 Å². The molecule has 1 aromatic rings. The number of aliphatic hydroxyl groups is 1. The molecule has 2 unspecified atom stereocenters. The van der Waals surface area contributed by atoms with Crippen molar-refractivity contribution in [1.29, 1.82) is 0 Å². The van der Waals surface area contributed by atoms with Gasteiger partial charge in [-0.1, -0.05) is 19.8 Å². The summed E-state index contributed by atoms with van der Waals surface area (Å²) in [6, 6.07) is 0.833. The largest absolute Gasteiger partial charge is 0.433 e. The highest BCUT2D eigenvalue weighted by Crippen LogP contribution is 2.36. The number of aliphatic hydroxyl groups excluding tert-OH is 1. The summed E-state index contributed by atoms with van der Waals surface area (Å²) in [7, 11) is 0. The Morgan fingerprint density at radius 3 is 2.79 bits per heavy atom. The van der Waals surface area contributed by atoms with Crippen LogP contribution >= 0.6 is 0 Å². The second-order valence-corrected chi connectivity index (χ2v) is 7.23. The van der Waals surface area contributed by atoms with Crippen LogP contribution in [0.15, 0.2) is 17.3 Å². The van der Waals surface area contributed by atoms with Crippen LogP contribution in [-0.4, -0.2) is 53.3 Å². The topological polar surface area (TPSA) is 94.5 Å². The standard InChI is InChI=1S/C18H29F3N6O/c1-3-22-15(26-12-17(2)8-5-4-6-14(17)28)24-10-11-25-16-23-9-7-13(27-16)18(19,20)21/h7,9,14,28H,3-6,8,10-12H2,1-2H3,(H2,22,24,26)(H,23,25,27). The molecule has 1 heterocycles. The fourth-order valence-electron chi connectivity index (χ4n) is 3.12. The van der Waals surface area contributed by atoms with Crippen molar-refractivity contribution >= 4 is 11.9 Å². The summed E-state index contributed by atoms with van der Waals surface area (Å²) in [6.07, 6.45) is 0.0983. The van der Waals surface area contributed by atoms with Gasteiger partial charge in [-0.2, -0.15) is 13.2 Å². The van der Waals surface area contributed by atoms with Crippen LogP contribution in [0.3, 0.4) is 0 Å². The number of hydrogen-bond acceptors (Lipinski definition) is 5. The molecule has 1 aliphatic rings. The molecule has 1 aliphatic carbocycles. The molecule has 0 bridgehead atoms. The van der Waals surface area contributed by atoms with E-state index < -0.39 is 11.9 Å². The molecule has 4 N–H and O–H groups in total. The van der Waals surface area contributed by atoms with Crippen LogP contribution in [0.5, 0.6) is 0 Å². The minimum Gasteiger partial charge on any atom is -0.392 e. The first kappa shape index (κ1) is 22.2. The summed E-state index contributed by atoms with van der Waals surface area (Å²) in [6.45, 7) is 5.93. The number of nitrogens with zero attached hydrogens (tertiary/aromatic N) is 3. The molecule has 7 nitrogen and oxygen atoms in total. The summed E-state index contributed by atoms with van der Waals surface area (Å²) in [5, 5.41) is 19.3. The number of rotatable bonds is 7. The van der Waals surface area contributed by atoms with Crippen LogP contribution in [0.4, 0.5) is 19.1 Å². The number of anilines is 1. The highest BCUT2D eigenvalue weighted by atomic mass is 19.4. The van der Waals surface area contributed by atoms with Crippen molar-refractivity contribution in [2.24, 2.45) is 10.4 Å². The molecule has 10 heteroatoms. The molecule has 1 fully saturated rings. The molecule has 2 rings (SSSR count). The molecule has 2 atom stereocenters. The fourth-order valence-corrected chi connectivity index (χ4v) is 3.12. The first-order valence-corrected chi connectivity index (χ1v) is 9.59. The van der Waals surface area contributed by atoms with E-state index in [0.717, 1.165) is 37.9 Å². The summed E-state index contributed by atoms with van der Waals surface area (Å²) in [5.74, 6) is 0.532. The molecule has 158 valence electrons. The Bertz CT molecular complexity index is 654. The fraction of sp³-hybridized carbons (Fsp3) is 0.722. The van der Waals surface area contributed by atoms with Crippen molar-refractivity contribution in [3.63, 3.8) is 0 Å². The molecule has 28 heavy (non-hydrogen) atoms. The number of halogens is 3. The number of alkyl halides is 3. The van der Waals surface area contributed by atoms with Crippen molar-refractivity contribution in [3.8, 4) is 0 Å². The van der Waals surface area contributed by atoms with Crippen molar-refractivity contribution in [1.82, 2.24) is 20.6 Å². The summed E-state index contributed by atoms with van der Waals surface area (Å²) in [4.78, 5) is 11.8. The molecule has 1 saturated carbocycles. The maximum atomic E-state index is 12.7. The Hall–Kier alpha value is -2.10. The van der Waals surface area contributed by atoms with E-state index in [1.807, 2.05) is 6.92 Å². The third-order valence-corrected chi connectivity index (χ3v) is 4.87. The Morgan fingerprint density at radius 2 is 2.11 bits per heavy atom. The van der Waals surface area contributed by atoms with Crippen LogP contribution < -0.4 is 16.0 Å². The Kier molecular flexibility index (Phi) is 7.85. The van der Waals surface area contributed by atoms with E-state index in [-0.39, 0.29) is 17.5 Å². The van der Waals surface area contributed by atoms with Gasteiger partial charge in [-0.3, -0.25) is 4.99 Å². The van der Waals surface area contributed by atoms with E-state index in [0.29, 0.717) is 32.1 Å². The van der Waals surface area contributed by atoms with Gasteiger partial charge in [0.2, 0.25) is 5.95 Å². The van der Waals surface area contributed by atoms with Crippen LogP contribution in [-0.2, 0) is 6.18 Å². The van der Waals surface area contributed by atoms with E-state index >= 15 is 0 Å². The highest BCUT2D eigenvalue weighted by molar-refractivity contribution is 5.79. The second-order valence-electron chi connectivity index (χ2n) is 7.23. The van der Waals surface area contributed by atoms with Crippen molar-refractivity contribution < 1.29 is 18.3 Å². The normalized spacial score (nSPS) is 23.4. The van der Waals surface area contributed by atoms with Gasteiger partial charge in [0.25, 0.3) is 0 Å². The lowest BCUT2D eigenvalue weighted by Gasteiger charge is -2.37. The third kappa shape index (κ3) is 6.50. The molecular weight excluding hydrogens is 373 g/mol. The van der Waals surface area contributed by atoms with E-state index in [9.17, 15) is 18.3 Å². The Morgan fingerprint density at radius 1 is 1.32 bits per heavy atom. The average Bonchev–Trinajstić information content (AvgIpc) is 2.65. The smallest absolute Gasteiger partial charge is 0.392 e. The molecule has 0 radical (unpaired) electrons. The molecule has 0 aliphatic heterocycles. The number of aromatic nitrogens is 2. The molecular formula is C18H29F3N6O. The van der Waals surface area contributed by atoms with Crippen molar-refractivity contribution in [2.45, 2.75) is 51.8 Å². The lowest BCUT2D eigenvalue weighted by molar-refractivity contribution is -0.141. The highest BCUT2D eigenvalue weighted by Gasteiger charge is 2.35. The Balaban J connectivity index is 1.85. The van der Waals surface area contributed by atoms with E-state index in [1.54, 1.807) is 0 Å². The van der Waals surface area contributed by atoms with E-state index in [1.165, 1.54) is 0 Å². The summed E-state index contributed by atoms with van der Waals surface area (Å²) in [5.41, 5.74) is -1.21. The zero-order valence-electron chi connectivity index (χ0n) is 16.3. The van der Waals surface area contributed by atoms with Crippen molar-refractivity contribution in [3.05, 3.63) is 18.0 Å². The summed E-state index contributed by atoms with van der Waals surface area (Å²) < 4.78 is 38.0. The molecule has 0 saturated heterocycles. The number of nitrogens with one attached hydrogen (secondary N) is 3. The minimum atomic E-state index is -4.50. The third-order valence-electron chi connectivity index (χ3n) is 4.87. The zero-order valence-corrected chi connectivity index (χ0v) is 16.3. The molecule has 1 aromatic heterocycles. The van der Waals surface area contributed by atoms with Crippen LogP contribution in [0.25, 0.3) is 0 Å². The van der Waals surface area contributed by atoms with E-state index in [4.69, 9.17) is 0 Å². The maximum absolute atomic E-state index is 12.7. The molecule has 0 amide bonds. The predicted octanol–water partition coefficient (Wildman–Crippen LogP) is 2.40. The van der Waals surface area contributed by atoms with Gasteiger partial charge >= 0.3 is 6.18 Å². The number of aliphatic imine (C=N–C) groups is 1. The van der Waals surface area contributed by atoms with Crippen molar-refractivity contribution in [2.75, 3.05) is 31.5 Å². The number of guanidine groups is 1. The van der Waals surface area contributed by atoms with E-state index in [2.05, 4.69) is 37.8 Å². The first-order chi connectivity index (χ1) is 13.2. The lowest BCUT2D eigenvalue weighted by Crippen LogP contribution is -2.42. The minimum absolute atomic E-state index is 0.0728. The Labute approximate surface area is 163 Å². The van der Waals surface area contributed by atoms with Gasteiger partial charge in [0.05, 0.1) is 12.6 Å². The van der Waals surface area contributed by atoms with Gasteiger partial charge in [0, 0.05) is 31.2 Å². The quantitative estimate of drug-likeness (QED) is 0.318. The van der Waals surface area contributed by atoms with Gasteiger partial charge < -0.3 is 21.1 Å². The predicted molar refractivity (Wildman–Crippen MR) is 102 cm³/mol. The van der Waals surface area contributed by atoms with Crippen LogP contribution in [0.2, 0.25) is 0 Å². The van der Waals surface area contributed by atoms with Crippen LogP contribution in [0.1, 0.15) is 45.2 Å². The second kappa shape index (κ2) is 9.90. The van der Waals surface area contributed by atoms with Gasteiger partial charge in [0.1, 0.15) is 5.69 Å². The first-order valence-electron chi connectivity index (χ1n) is 9.59. The lowest BCUT2D eigenvalue weighted by atomic mass is 9.73.